The van der Waals surface area contributed by atoms with Crippen molar-refractivity contribution in [1.82, 2.24) is 9.29 Å². The van der Waals surface area contributed by atoms with Gasteiger partial charge in [-0.25, -0.2) is 8.42 Å². The van der Waals surface area contributed by atoms with E-state index in [2.05, 4.69) is 10.3 Å². The molecule has 1 aromatic heterocycles. The first-order valence-corrected chi connectivity index (χ1v) is 10.1. The van der Waals surface area contributed by atoms with Crippen LogP contribution in [0.3, 0.4) is 0 Å². The standard InChI is InChI=1S/C20H19N3O5S/c1-13(24)14-4-3-5-16(10-14)21-20(26)12-23(2)29(27,28)17-7-8-18-15(11-17)6-9-19(25)22-18/h3-11H,12H2,1-2H3,(H,21,26)(H,22,25). The van der Waals surface area contributed by atoms with Crippen LogP contribution in [0.15, 0.2) is 64.3 Å². The van der Waals surface area contributed by atoms with Crippen LogP contribution in [0.1, 0.15) is 17.3 Å². The van der Waals surface area contributed by atoms with Gasteiger partial charge in [-0.05, 0) is 48.7 Å². The Hall–Kier alpha value is -3.30. The number of Topliss-reactive ketones (excluding diaryl/α,β-unsaturated/α-hetero) is 1. The summed E-state index contributed by atoms with van der Waals surface area (Å²) in [6.07, 6.45) is 0. The number of pyridine rings is 1. The van der Waals surface area contributed by atoms with Crippen LogP contribution < -0.4 is 10.9 Å². The largest absolute Gasteiger partial charge is 0.325 e. The van der Waals surface area contributed by atoms with E-state index >= 15 is 0 Å². The van der Waals surface area contributed by atoms with Gasteiger partial charge >= 0.3 is 0 Å². The number of hydrogen-bond acceptors (Lipinski definition) is 5. The van der Waals surface area contributed by atoms with Gasteiger partial charge in [0.05, 0.1) is 11.4 Å². The van der Waals surface area contributed by atoms with Gasteiger partial charge in [0.2, 0.25) is 21.5 Å². The predicted molar refractivity (Wildman–Crippen MR) is 109 cm³/mol. The zero-order valence-electron chi connectivity index (χ0n) is 15.8. The Morgan fingerprint density at radius 2 is 1.83 bits per heavy atom. The van der Waals surface area contributed by atoms with Crippen molar-refractivity contribution in [3.63, 3.8) is 0 Å². The normalized spacial score (nSPS) is 11.6. The van der Waals surface area contributed by atoms with Crippen molar-refractivity contribution in [2.75, 3.05) is 18.9 Å². The Bertz CT molecular complexity index is 1260. The molecule has 9 heteroatoms. The maximum absolute atomic E-state index is 12.8. The highest BCUT2D eigenvalue weighted by Crippen LogP contribution is 2.19. The number of aromatic nitrogens is 1. The summed E-state index contributed by atoms with van der Waals surface area (Å²) in [4.78, 5) is 37.7. The molecule has 8 nitrogen and oxygen atoms in total. The van der Waals surface area contributed by atoms with E-state index in [1.807, 2.05) is 0 Å². The Labute approximate surface area is 167 Å². The van der Waals surface area contributed by atoms with Gasteiger partial charge in [0.1, 0.15) is 0 Å². The third kappa shape index (κ3) is 4.58. The minimum atomic E-state index is -3.92. The van der Waals surface area contributed by atoms with Gasteiger partial charge < -0.3 is 10.3 Å². The Balaban J connectivity index is 1.76. The van der Waals surface area contributed by atoms with Crippen molar-refractivity contribution in [1.29, 1.82) is 0 Å². The van der Waals surface area contributed by atoms with Crippen molar-refractivity contribution >= 4 is 38.3 Å². The van der Waals surface area contributed by atoms with Crippen LogP contribution in [0.5, 0.6) is 0 Å². The monoisotopic (exact) mass is 413 g/mol. The molecule has 3 rings (SSSR count). The van der Waals surface area contributed by atoms with Crippen LogP contribution in [0, 0.1) is 0 Å². The molecule has 0 bridgehead atoms. The molecular weight excluding hydrogens is 394 g/mol. The number of ketones is 1. The number of rotatable bonds is 6. The second-order valence-electron chi connectivity index (χ2n) is 6.52. The number of H-pyrrole nitrogens is 1. The number of carbonyl (C=O) groups is 2. The van der Waals surface area contributed by atoms with Crippen molar-refractivity contribution in [2.24, 2.45) is 0 Å². The van der Waals surface area contributed by atoms with E-state index < -0.39 is 22.5 Å². The van der Waals surface area contributed by atoms with Gasteiger partial charge in [-0.1, -0.05) is 12.1 Å². The second kappa shape index (κ2) is 7.98. The maximum atomic E-state index is 12.8. The summed E-state index contributed by atoms with van der Waals surface area (Å²) in [5, 5.41) is 3.15. The molecule has 0 saturated carbocycles. The number of sulfonamides is 1. The zero-order chi connectivity index (χ0) is 21.2. The lowest BCUT2D eigenvalue weighted by atomic mass is 10.1. The molecule has 0 spiro atoms. The lowest BCUT2D eigenvalue weighted by Crippen LogP contribution is -2.35. The maximum Gasteiger partial charge on any atom is 0.248 e. The molecule has 3 aromatic rings. The first kappa shape index (κ1) is 20.4. The number of aromatic amines is 1. The van der Waals surface area contributed by atoms with Crippen LogP contribution in [0.25, 0.3) is 10.9 Å². The van der Waals surface area contributed by atoms with Crippen molar-refractivity contribution in [2.45, 2.75) is 11.8 Å². The fourth-order valence-electron chi connectivity index (χ4n) is 2.78. The molecule has 0 aliphatic carbocycles. The lowest BCUT2D eigenvalue weighted by Gasteiger charge is -2.17. The fourth-order valence-corrected chi connectivity index (χ4v) is 3.94. The molecule has 2 aromatic carbocycles. The van der Waals surface area contributed by atoms with Crippen molar-refractivity contribution < 1.29 is 18.0 Å². The number of carbonyl (C=O) groups excluding carboxylic acids is 2. The molecule has 1 amide bonds. The molecule has 0 atom stereocenters. The fraction of sp³-hybridized carbons (Fsp3) is 0.150. The molecule has 0 aliphatic heterocycles. The van der Waals surface area contributed by atoms with Crippen LogP contribution in [0.4, 0.5) is 5.69 Å². The van der Waals surface area contributed by atoms with Crippen LogP contribution in [-0.4, -0.2) is 43.0 Å². The number of likely N-dealkylation sites (N-methyl/N-ethyl adjacent to an activating group) is 1. The average molecular weight is 413 g/mol. The Morgan fingerprint density at radius 3 is 2.55 bits per heavy atom. The molecule has 0 fully saturated rings. The van der Waals surface area contributed by atoms with E-state index in [4.69, 9.17) is 0 Å². The van der Waals surface area contributed by atoms with Gasteiger partial charge in [0, 0.05) is 29.9 Å². The summed E-state index contributed by atoms with van der Waals surface area (Å²) in [6.45, 7) is 1.01. The Morgan fingerprint density at radius 1 is 1.07 bits per heavy atom. The molecule has 0 unspecified atom stereocenters. The minimum Gasteiger partial charge on any atom is -0.325 e. The molecule has 1 heterocycles. The number of nitrogens with one attached hydrogen (secondary N) is 2. The summed E-state index contributed by atoms with van der Waals surface area (Å²) < 4.78 is 26.5. The molecule has 2 N–H and O–H groups in total. The quantitative estimate of drug-likeness (QED) is 0.600. The Kier molecular flexibility index (Phi) is 5.62. The molecule has 0 aliphatic rings. The van der Waals surface area contributed by atoms with Gasteiger partial charge in [0.25, 0.3) is 0 Å². The second-order valence-corrected chi connectivity index (χ2v) is 8.56. The number of amides is 1. The predicted octanol–water partition coefficient (Wildman–Crippen LogP) is 1.99. The smallest absolute Gasteiger partial charge is 0.248 e. The summed E-state index contributed by atoms with van der Waals surface area (Å²) in [5.74, 6) is -0.680. The molecule has 0 radical (unpaired) electrons. The van der Waals surface area contributed by atoms with E-state index in [1.54, 1.807) is 18.2 Å². The van der Waals surface area contributed by atoms with Gasteiger partial charge in [0.15, 0.2) is 5.78 Å². The number of hydrogen-bond donors (Lipinski definition) is 2. The highest BCUT2D eigenvalue weighted by Gasteiger charge is 2.23. The van der Waals surface area contributed by atoms with Gasteiger partial charge in [-0.2, -0.15) is 4.31 Å². The molecule has 0 saturated heterocycles. The number of nitrogens with zero attached hydrogens (tertiary/aromatic N) is 1. The van der Waals surface area contributed by atoms with E-state index in [0.29, 0.717) is 22.2 Å². The van der Waals surface area contributed by atoms with Gasteiger partial charge in [-0.3, -0.25) is 14.4 Å². The summed E-state index contributed by atoms with van der Waals surface area (Å²) in [6, 6.07) is 13.6. The summed E-state index contributed by atoms with van der Waals surface area (Å²) in [7, 11) is -2.62. The van der Waals surface area contributed by atoms with E-state index in [1.165, 1.54) is 50.4 Å². The van der Waals surface area contributed by atoms with E-state index in [0.717, 1.165) is 4.31 Å². The summed E-state index contributed by atoms with van der Waals surface area (Å²) in [5.41, 5.74) is 1.08. The highest BCUT2D eigenvalue weighted by atomic mass is 32.2. The molecule has 29 heavy (non-hydrogen) atoms. The average Bonchev–Trinajstić information content (AvgIpc) is 2.67. The topological polar surface area (TPSA) is 116 Å². The van der Waals surface area contributed by atoms with Crippen LogP contribution in [0.2, 0.25) is 0 Å². The third-order valence-electron chi connectivity index (χ3n) is 4.32. The highest BCUT2D eigenvalue weighted by molar-refractivity contribution is 7.89. The zero-order valence-corrected chi connectivity index (χ0v) is 16.6. The number of anilines is 1. The SMILES string of the molecule is CC(=O)c1cccc(NC(=O)CN(C)S(=O)(=O)c2ccc3[nH]c(=O)ccc3c2)c1. The summed E-state index contributed by atoms with van der Waals surface area (Å²) >= 11 is 0. The van der Waals surface area contributed by atoms with E-state index in [-0.39, 0.29) is 16.2 Å². The van der Waals surface area contributed by atoms with Crippen molar-refractivity contribution in [3.8, 4) is 0 Å². The van der Waals surface area contributed by atoms with Crippen molar-refractivity contribution in [3.05, 3.63) is 70.5 Å². The molecular formula is C20H19N3O5S. The number of fused-ring (bicyclic) bond motifs is 1. The first-order valence-electron chi connectivity index (χ1n) is 8.67. The first-order chi connectivity index (χ1) is 13.7. The molecule has 150 valence electrons. The van der Waals surface area contributed by atoms with Crippen LogP contribution >= 0.6 is 0 Å². The third-order valence-corrected chi connectivity index (χ3v) is 6.12. The lowest BCUT2D eigenvalue weighted by molar-refractivity contribution is -0.116. The van der Waals surface area contributed by atoms with E-state index in [9.17, 15) is 22.8 Å². The minimum absolute atomic E-state index is 0.00549. The van der Waals surface area contributed by atoms with Gasteiger partial charge in [-0.15, -0.1) is 0 Å². The number of benzene rings is 2. The van der Waals surface area contributed by atoms with Crippen LogP contribution in [-0.2, 0) is 14.8 Å².